The Bertz CT molecular complexity index is 866. The highest BCUT2D eigenvalue weighted by Crippen LogP contribution is 2.21. The van der Waals surface area contributed by atoms with E-state index in [1.165, 1.54) is 5.56 Å². The average Bonchev–Trinajstić information content (AvgIpc) is 3.02. The summed E-state index contributed by atoms with van der Waals surface area (Å²) >= 11 is 0. The molecule has 24 heavy (non-hydrogen) atoms. The number of fused-ring (bicyclic) bond motifs is 1. The summed E-state index contributed by atoms with van der Waals surface area (Å²) in [5.41, 5.74) is 4.84. The van der Waals surface area contributed by atoms with Crippen LogP contribution in [-0.2, 0) is 0 Å². The monoisotopic (exact) mass is 321 g/mol. The van der Waals surface area contributed by atoms with Gasteiger partial charge in [0, 0.05) is 24.3 Å². The van der Waals surface area contributed by atoms with Crippen LogP contribution in [0.1, 0.15) is 36.2 Å². The number of aryl methyl sites for hydroxylation is 1. The molecule has 1 amide bonds. The molecule has 0 N–H and O–H groups in total. The molecule has 0 saturated heterocycles. The van der Waals surface area contributed by atoms with Crippen molar-refractivity contribution < 1.29 is 4.79 Å². The lowest BCUT2D eigenvalue weighted by Crippen LogP contribution is -2.31. The minimum Gasteiger partial charge on any atom is -0.339 e. The van der Waals surface area contributed by atoms with Crippen LogP contribution in [0.25, 0.3) is 16.7 Å². The number of rotatable bonds is 5. The van der Waals surface area contributed by atoms with Crippen molar-refractivity contribution in [2.75, 3.05) is 13.1 Å². The first-order chi connectivity index (χ1) is 11.6. The predicted molar refractivity (Wildman–Crippen MR) is 97.7 cm³/mol. The molecule has 0 radical (unpaired) electrons. The van der Waals surface area contributed by atoms with E-state index in [-0.39, 0.29) is 5.91 Å². The molecule has 0 atom stereocenters. The number of imidazole rings is 1. The molecule has 4 heteroatoms. The van der Waals surface area contributed by atoms with Gasteiger partial charge in [0.2, 0.25) is 0 Å². The summed E-state index contributed by atoms with van der Waals surface area (Å²) in [7, 11) is 0. The number of carbonyl (C=O) groups is 1. The van der Waals surface area contributed by atoms with Gasteiger partial charge in [-0.05, 0) is 56.2 Å². The SMILES string of the molecule is CCCN(CC)C(=O)c1ccc2c(c1)ncn2-c1cccc(C)c1. The number of hydrogen-bond donors (Lipinski definition) is 0. The van der Waals surface area contributed by atoms with E-state index in [4.69, 9.17) is 0 Å². The fraction of sp³-hybridized carbons (Fsp3) is 0.300. The Kier molecular flexibility index (Phi) is 4.65. The Hall–Kier alpha value is -2.62. The standard InChI is InChI=1S/C20H23N3O/c1-4-11-22(5-2)20(24)16-9-10-19-18(13-16)21-14-23(19)17-8-6-7-15(3)12-17/h6-10,12-14H,4-5,11H2,1-3H3. The van der Waals surface area contributed by atoms with E-state index in [1.54, 1.807) is 0 Å². The smallest absolute Gasteiger partial charge is 0.253 e. The third-order valence-electron chi connectivity index (χ3n) is 4.24. The molecule has 0 aliphatic carbocycles. The van der Waals surface area contributed by atoms with Crippen molar-refractivity contribution in [1.82, 2.24) is 14.5 Å². The maximum Gasteiger partial charge on any atom is 0.253 e. The van der Waals surface area contributed by atoms with Gasteiger partial charge in [0.15, 0.2) is 0 Å². The zero-order valence-electron chi connectivity index (χ0n) is 14.5. The van der Waals surface area contributed by atoms with Crippen LogP contribution in [0.4, 0.5) is 0 Å². The van der Waals surface area contributed by atoms with E-state index in [0.29, 0.717) is 5.56 Å². The van der Waals surface area contributed by atoms with Crippen molar-refractivity contribution in [3.05, 3.63) is 59.9 Å². The molecule has 0 spiro atoms. The van der Waals surface area contributed by atoms with Gasteiger partial charge >= 0.3 is 0 Å². The Morgan fingerprint density at radius 3 is 2.71 bits per heavy atom. The lowest BCUT2D eigenvalue weighted by Gasteiger charge is -2.20. The van der Waals surface area contributed by atoms with Crippen LogP contribution in [0.2, 0.25) is 0 Å². The maximum atomic E-state index is 12.6. The molecule has 0 aliphatic rings. The number of benzene rings is 2. The number of carbonyl (C=O) groups excluding carboxylic acids is 1. The van der Waals surface area contributed by atoms with Crippen molar-refractivity contribution in [1.29, 1.82) is 0 Å². The van der Waals surface area contributed by atoms with Gasteiger partial charge in [-0.2, -0.15) is 0 Å². The van der Waals surface area contributed by atoms with E-state index in [2.05, 4.69) is 41.6 Å². The summed E-state index contributed by atoms with van der Waals surface area (Å²) < 4.78 is 2.06. The molecular formula is C20H23N3O. The number of amides is 1. The Morgan fingerprint density at radius 2 is 2.00 bits per heavy atom. The first-order valence-electron chi connectivity index (χ1n) is 8.47. The normalized spacial score (nSPS) is 11.0. The largest absolute Gasteiger partial charge is 0.339 e. The second kappa shape index (κ2) is 6.87. The van der Waals surface area contributed by atoms with Crippen LogP contribution in [0, 0.1) is 6.92 Å². The Balaban J connectivity index is 1.98. The molecule has 0 saturated carbocycles. The van der Waals surface area contributed by atoms with E-state index >= 15 is 0 Å². The molecule has 1 heterocycles. The van der Waals surface area contributed by atoms with Gasteiger partial charge in [-0.15, -0.1) is 0 Å². The van der Waals surface area contributed by atoms with E-state index in [1.807, 2.05) is 42.4 Å². The van der Waals surface area contributed by atoms with Gasteiger partial charge in [-0.3, -0.25) is 9.36 Å². The molecule has 4 nitrogen and oxygen atoms in total. The molecule has 0 aliphatic heterocycles. The van der Waals surface area contributed by atoms with Gasteiger partial charge < -0.3 is 4.90 Å². The van der Waals surface area contributed by atoms with Crippen molar-refractivity contribution in [2.45, 2.75) is 27.2 Å². The minimum atomic E-state index is 0.0753. The lowest BCUT2D eigenvalue weighted by atomic mass is 10.1. The molecular weight excluding hydrogens is 298 g/mol. The highest BCUT2D eigenvalue weighted by molar-refractivity contribution is 5.97. The summed E-state index contributed by atoms with van der Waals surface area (Å²) in [6.07, 6.45) is 2.78. The summed E-state index contributed by atoms with van der Waals surface area (Å²) in [5, 5.41) is 0. The van der Waals surface area contributed by atoms with Crippen LogP contribution < -0.4 is 0 Å². The van der Waals surface area contributed by atoms with Crippen molar-refractivity contribution in [3.8, 4) is 5.69 Å². The molecule has 3 rings (SSSR count). The molecule has 3 aromatic rings. The summed E-state index contributed by atoms with van der Waals surface area (Å²) in [5.74, 6) is 0.0753. The van der Waals surface area contributed by atoms with Gasteiger partial charge in [-0.25, -0.2) is 4.98 Å². The third kappa shape index (κ3) is 3.04. The van der Waals surface area contributed by atoms with Gasteiger partial charge in [0.05, 0.1) is 11.0 Å². The third-order valence-corrected chi connectivity index (χ3v) is 4.24. The Labute approximate surface area is 142 Å². The maximum absolute atomic E-state index is 12.6. The first-order valence-corrected chi connectivity index (χ1v) is 8.47. The lowest BCUT2D eigenvalue weighted by molar-refractivity contribution is 0.0764. The fourth-order valence-electron chi connectivity index (χ4n) is 2.99. The summed E-state index contributed by atoms with van der Waals surface area (Å²) in [6, 6.07) is 14.1. The quantitative estimate of drug-likeness (QED) is 0.706. The van der Waals surface area contributed by atoms with Crippen LogP contribution in [0.3, 0.4) is 0 Å². The highest BCUT2D eigenvalue weighted by atomic mass is 16.2. The van der Waals surface area contributed by atoms with Crippen molar-refractivity contribution in [2.24, 2.45) is 0 Å². The van der Waals surface area contributed by atoms with E-state index in [9.17, 15) is 4.79 Å². The van der Waals surface area contributed by atoms with E-state index < -0.39 is 0 Å². The molecule has 2 aromatic carbocycles. The van der Waals surface area contributed by atoms with Crippen LogP contribution >= 0.6 is 0 Å². The molecule has 0 unspecified atom stereocenters. The molecule has 0 bridgehead atoms. The molecule has 124 valence electrons. The first kappa shape index (κ1) is 16.2. The molecule has 1 aromatic heterocycles. The van der Waals surface area contributed by atoms with Crippen molar-refractivity contribution >= 4 is 16.9 Å². The van der Waals surface area contributed by atoms with Gasteiger partial charge in [0.1, 0.15) is 6.33 Å². The fourth-order valence-corrected chi connectivity index (χ4v) is 2.99. The van der Waals surface area contributed by atoms with Crippen LogP contribution in [0.5, 0.6) is 0 Å². The Morgan fingerprint density at radius 1 is 1.17 bits per heavy atom. The topological polar surface area (TPSA) is 38.1 Å². The zero-order chi connectivity index (χ0) is 17.1. The molecule has 0 fully saturated rings. The number of aromatic nitrogens is 2. The predicted octanol–water partition coefficient (Wildman–Crippen LogP) is 4.21. The van der Waals surface area contributed by atoms with Crippen LogP contribution in [0.15, 0.2) is 48.8 Å². The highest BCUT2D eigenvalue weighted by Gasteiger charge is 2.15. The average molecular weight is 321 g/mol. The number of hydrogen-bond acceptors (Lipinski definition) is 2. The van der Waals surface area contributed by atoms with Crippen molar-refractivity contribution in [3.63, 3.8) is 0 Å². The number of nitrogens with zero attached hydrogens (tertiary/aromatic N) is 3. The van der Waals surface area contributed by atoms with Gasteiger partial charge in [-0.1, -0.05) is 19.1 Å². The van der Waals surface area contributed by atoms with Gasteiger partial charge in [0.25, 0.3) is 5.91 Å². The minimum absolute atomic E-state index is 0.0753. The van der Waals surface area contributed by atoms with Crippen LogP contribution in [-0.4, -0.2) is 33.4 Å². The second-order valence-electron chi connectivity index (χ2n) is 6.04. The zero-order valence-corrected chi connectivity index (χ0v) is 14.5. The second-order valence-corrected chi connectivity index (χ2v) is 6.04. The van der Waals surface area contributed by atoms with E-state index in [0.717, 1.165) is 36.2 Å². The summed E-state index contributed by atoms with van der Waals surface area (Å²) in [6.45, 7) is 7.68. The summed E-state index contributed by atoms with van der Waals surface area (Å²) in [4.78, 5) is 19.0.